The van der Waals surface area contributed by atoms with Crippen molar-refractivity contribution in [3.8, 4) is 0 Å². The van der Waals surface area contributed by atoms with Crippen LogP contribution in [0.15, 0.2) is 35.4 Å². The van der Waals surface area contributed by atoms with Crippen LogP contribution in [-0.4, -0.2) is 35.6 Å². The second kappa shape index (κ2) is 4.57. The zero-order valence-electron chi connectivity index (χ0n) is 9.20. The monoisotopic (exact) mass is 235 g/mol. The number of nitrogens with zero attached hydrogens (tertiary/aromatic N) is 3. The quantitative estimate of drug-likeness (QED) is 0.749. The minimum atomic E-state index is -0.102. The van der Waals surface area contributed by atoms with E-state index in [0.717, 1.165) is 5.56 Å². The van der Waals surface area contributed by atoms with Crippen molar-refractivity contribution in [3.05, 3.63) is 35.9 Å². The molecule has 84 valence electrons. The number of hydrogen-bond donors (Lipinski definition) is 0. The zero-order chi connectivity index (χ0) is 11.5. The molecule has 1 atom stereocenters. The van der Waals surface area contributed by atoms with E-state index in [9.17, 15) is 4.79 Å². The van der Waals surface area contributed by atoms with E-state index in [1.807, 2.05) is 30.3 Å². The van der Waals surface area contributed by atoms with Gasteiger partial charge in [0.1, 0.15) is 5.37 Å². The van der Waals surface area contributed by atoms with Crippen LogP contribution >= 0.6 is 11.8 Å². The number of carbonyl (C=O) groups is 1. The van der Waals surface area contributed by atoms with E-state index in [0.29, 0.717) is 0 Å². The van der Waals surface area contributed by atoms with E-state index in [4.69, 9.17) is 0 Å². The smallest absolute Gasteiger partial charge is 0.329 e. The van der Waals surface area contributed by atoms with Crippen molar-refractivity contribution in [2.45, 2.75) is 5.37 Å². The molecule has 0 aromatic heterocycles. The molecule has 1 aromatic rings. The molecule has 16 heavy (non-hydrogen) atoms. The van der Waals surface area contributed by atoms with Crippen LogP contribution in [0, 0.1) is 0 Å². The Labute approximate surface area is 98.9 Å². The number of hydrazone groups is 1. The van der Waals surface area contributed by atoms with Gasteiger partial charge >= 0.3 is 6.03 Å². The summed E-state index contributed by atoms with van der Waals surface area (Å²) < 4.78 is 0. The first-order valence-corrected chi connectivity index (χ1v) is 5.88. The van der Waals surface area contributed by atoms with E-state index < -0.39 is 0 Å². The third-order valence-electron chi connectivity index (χ3n) is 2.25. The van der Waals surface area contributed by atoms with Crippen molar-refractivity contribution in [3.63, 3.8) is 0 Å². The summed E-state index contributed by atoms with van der Waals surface area (Å²) in [7, 11) is 3.45. The minimum absolute atomic E-state index is 0.0453. The Morgan fingerprint density at radius 3 is 2.69 bits per heavy atom. The summed E-state index contributed by atoms with van der Waals surface area (Å²) in [6, 6.07) is 9.79. The van der Waals surface area contributed by atoms with Crippen LogP contribution in [0.4, 0.5) is 4.79 Å². The Morgan fingerprint density at radius 1 is 1.38 bits per heavy atom. The maximum absolute atomic E-state index is 11.9. The molecule has 0 spiro atoms. The molecule has 0 bridgehead atoms. The summed E-state index contributed by atoms with van der Waals surface area (Å²) in [5.74, 6) is 0. The van der Waals surface area contributed by atoms with Gasteiger partial charge in [-0.2, -0.15) is 10.1 Å². The molecule has 1 aliphatic heterocycles. The lowest BCUT2D eigenvalue weighted by Crippen LogP contribution is -2.35. The van der Waals surface area contributed by atoms with Gasteiger partial charge in [0.2, 0.25) is 0 Å². The largest absolute Gasteiger partial charge is 0.341 e. The van der Waals surface area contributed by atoms with Crippen molar-refractivity contribution < 1.29 is 4.79 Å². The van der Waals surface area contributed by atoms with Crippen LogP contribution in [0.3, 0.4) is 0 Å². The number of rotatable bonds is 1. The lowest BCUT2D eigenvalue weighted by atomic mass is 10.2. The summed E-state index contributed by atoms with van der Waals surface area (Å²) >= 11 is 1.54. The standard InChI is InChI=1S/C11H13N3OS/c1-13(2)11(15)14-10(16-8-12-14)9-6-4-3-5-7-9/h3-8,10H,1-2H3. The zero-order valence-corrected chi connectivity index (χ0v) is 10.0. The Hall–Kier alpha value is -1.49. The van der Waals surface area contributed by atoms with Gasteiger partial charge < -0.3 is 4.90 Å². The molecule has 0 saturated carbocycles. The summed E-state index contributed by atoms with van der Waals surface area (Å²) in [4.78, 5) is 13.4. The molecule has 0 aliphatic carbocycles. The van der Waals surface area contributed by atoms with Gasteiger partial charge in [-0.15, -0.1) is 0 Å². The molecular weight excluding hydrogens is 222 g/mol. The van der Waals surface area contributed by atoms with Crippen molar-refractivity contribution in [2.75, 3.05) is 14.1 Å². The molecule has 4 nitrogen and oxygen atoms in total. The van der Waals surface area contributed by atoms with Crippen LogP contribution in [-0.2, 0) is 0 Å². The molecule has 0 saturated heterocycles. The highest BCUT2D eigenvalue weighted by molar-refractivity contribution is 8.12. The fourth-order valence-corrected chi connectivity index (χ4v) is 2.29. The number of thioether (sulfide) groups is 1. The van der Waals surface area contributed by atoms with Crippen molar-refractivity contribution in [1.82, 2.24) is 9.91 Å². The number of urea groups is 1. The van der Waals surface area contributed by atoms with Gasteiger partial charge in [-0.25, -0.2) is 4.79 Å². The highest BCUT2D eigenvalue weighted by Gasteiger charge is 2.29. The van der Waals surface area contributed by atoms with Gasteiger partial charge in [-0.3, -0.25) is 0 Å². The average Bonchev–Trinajstić information content (AvgIpc) is 2.77. The molecule has 0 radical (unpaired) electrons. The Bertz CT molecular complexity index is 405. The predicted molar refractivity (Wildman–Crippen MR) is 66.2 cm³/mol. The normalized spacial score (nSPS) is 18.9. The second-order valence-corrected chi connectivity index (χ2v) is 4.57. The number of benzene rings is 1. The number of carbonyl (C=O) groups excluding carboxylic acids is 1. The van der Waals surface area contributed by atoms with Crippen LogP contribution in [0.25, 0.3) is 0 Å². The topological polar surface area (TPSA) is 35.9 Å². The molecule has 1 aliphatic rings. The Kier molecular flexibility index (Phi) is 3.14. The number of amides is 2. The fourth-order valence-electron chi connectivity index (χ4n) is 1.45. The van der Waals surface area contributed by atoms with E-state index in [1.54, 1.807) is 19.6 Å². The van der Waals surface area contributed by atoms with Gasteiger partial charge in [0.15, 0.2) is 0 Å². The molecule has 0 fully saturated rings. The van der Waals surface area contributed by atoms with Crippen LogP contribution in [0.2, 0.25) is 0 Å². The molecular formula is C11H13N3OS. The third-order valence-corrected chi connectivity index (χ3v) is 3.19. The summed E-state index contributed by atoms with van der Waals surface area (Å²) in [5, 5.41) is 5.55. The van der Waals surface area contributed by atoms with Gasteiger partial charge in [0, 0.05) is 14.1 Å². The van der Waals surface area contributed by atoms with Gasteiger partial charge in [-0.05, 0) is 5.56 Å². The first-order valence-electron chi connectivity index (χ1n) is 4.93. The van der Waals surface area contributed by atoms with E-state index >= 15 is 0 Å². The number of hydrogen-bond acceptors (Lipinski definition) is 3. The van der Waals surface area contributed by atoms with Crippen LogP contribution < -0.4 is 0 Å². The average molecular weight is 235 g/mol. The highest BCUT2D eigenvalue weighted by Crippen LogP contribution is 2.36. The highest BCUT2D eigenvalue weighted by atomic mass is 32.2. The molecule has 1 unspecified atom stereocenters. The summed E-state index contributed by atoms with van der Waals surface area (Å²) in [5.41, 5.74) is 2.79. The molecule has 5 heteroatoms. The molecule has 1 aromatic carbocycles. The Balaban J connectivity index is 2.21. The first kappa shape index (κ1) is 11.0. The third kappa shape index (κ3) is 2.04. The minimum Gasteiger partial charge on any atom is -0.329 e. The van der Waals surface area contributed by atoms with Crippen LogP contribution in [0.5, 0.6) is 0 Å². The van der Waals surface area contributed by atoms with Crippen molar-refractivity contribution in [1.29, 1.82) is 0 Å². The van der Waals surface area contributed by atoms with Gasteiger partial charge in [-0.1, -0.05) is 42.1 Å². The molecule has 1 heterocycles. The van der Waals surface area contributed by atoms with E-state index in [-0.39, 0.29) is 11.4 Å². The maximum Gasteiger partial charge on any atom is 0.341 e. The molecule has 2 rings (SSSR count). The maximum atomic E-state index is 11.9. The van der Waals surface area contributed by atoms with Gasteiger partial charge in [0.25, 0.3) is 0 Å². The Morgan fingerprint density at radius 2 is 2.06 bits per heavy atom. The predicted octanol–water partition coefficient (Wildman–Crippen LogP) is 2.36. The first-order chi connectivity index (χ1) is 7.70. The van der Waals surface area contributed by atoms with Crippen LogP contribution in [0.1, 0.15) is 10.9 Å². The fraction of sp³-hybridized carbons (Fsp3) is 0.273. The summed E-state index contributed by atoms with van der Waals surface area (Å²) in [6.45, 7) is 0. The second-order valence-electron chi connectivity index (χ2n) is 3.64. The van der Waals surface area contributed by atoms with Crippen molar-refractivity contribution >= 4 is 23.3 Å². The van der Waals surface area contributed by atoms with E-state index in [2.05, 4.69) is 5.10 Å². The summed E-state index contributed by atoms with van der Waals surface area (Å²) in [6.07, 6.45) is 0. The molecule has 2 amide bonds. The van der Waals surface area contributed by atoms with Gasteiger partial charge in [0.05, 0.1) is 5.55 Å². The lowest BCUT2D eigenvalue weighted by molar-refractivity contribution is 0.170. The van der Waals surface area contributed by atoms with Crippen molar-refractivity contribution in [2.24, 2.45) is 5.10 Å². The lowest BCUT2D eigenvalue weighted by Gasteiger charge is -2.24. The van der Waals surface area contributed by atoms with E-state index in [1.165, 1.54) is 21.7 Å². The SMILES string of the molecule is CN(C)C(=O)N1N=CSC1c1ccccc1. The molecule has 0 N–H and O–H groups in total.